The van der Waals surface area contributed by atoms with Crippen molar-refractivity contribution < 1.29 is 74.0 Å². The van der Waals surface area contributed by atoms with E-state index in [1.54, 1.807) is 0 Å². The first-order chi connectivity index (χ1) is 24.3. The lowest BCUT2D eigenvalue weighted by molar-refractivity contribution is -0.396. The zero-order valence-corrected chi connectivity index (χ0v) is 26.4. The fraction of sp³-hybridized carbons (Fsp3) is 0.250. The third kappa shape index (κ3) is 9.55. The Bertz CT molecular complexity index is 1900. The van der Waals surface area contributed by atoms with Crippen LogP contribution in [0.15, 0.2) is 36.4 Å². The molecule has 284 valence electrons. The molecule has 0 amide bonds. The van der Waals surface area contributed by atoms with E-state index in [-0.39, 0.29) is 29.8 Å². The van der Waals surface area contributed by atoms with Crippen LogP contribution in [0.2, 0.25) is 0 Å². The molecule has 0 saturated heterocycles. The molecule has 0 N–H and O–H groups in total. The van der Waals surface area contributed by atoms with E-state index in [0.29, 0.717) is 0 Å². The Balaban J connectivity index is 2.23. The third-order valence-electron chi connectivity index (χ3n) is 6.69. The molecule has 0 radical (unpaired) electrons. The van der Waals surface area contributed by atoms with Crippen LogP contribution in [-0.4, -0.2) is 29.5 Å². The van der Waals surface area contributed by atoms with Crippen LogP contribution in [0.5, 0.6) is 0 Å². The monoisotopic (exact) mass is 788 g/mol. The Hall–Kier alpha value is -6.25. The highest BCUT2D eigenvalue weighted by atomic mass is 31.2. The molecule has 0 unspecified atom stereocenters. The second-order valence-electron chi connectivity index (χ2n) is 10.1. The van der Waals surface area contributed by atoms with Gasteiger partial charge in [0.15, 0.2) is 0 Å². The molecule has 3 aromatic rings. The molecule has 22 nitrogen and oxygen atoms in total. The highest BCUT2D eigenvalue weighted by molar-refractivity contribution is 7.48. The zero-order chi connectivity index (χ0) is 40.4. The molecule has 0 fully saturated rings. The normalized spacial score (nSPS) is 12.0. The van der Waals surface area contributed by atoms with Gasteiger partial charge >= 0.3 is 20.2 Å². The van der Waals surface area contributed by atoms with E-state index in [1.165, 1.54) is 6.92 Å². The molecule has 0 heterocycles. The minimum atomic E-state index is -5.90. The Morgan fingerprint density at radius 3 is 0.887 bits per heavy atom. The number of hydrogen-bond donors (Lipinski definition) is 0. The summed E-state index contributed by atoms with van der Waals surface area (Å²) in [6.45, 7) is -3.98. The van der Waals surface area contributed by atoms with Crippen molar-refractivity contribution >= 4 is 41.9 Å². The molecule has 0 aliphatic carbocycles. The summed E-state index contributed by atoms with van der Waals surface area (Å²) in [6.07, 6.45) is -10.8. The van der Waals surface area contributed by atoms with E-state index in [4.69, 9.17) is 13.6 Å². The molecule has 53 heavy (non-hydrogen) atoms. The number of nitro groups is 6. The van der Waals surface area contributed by atoms with Gasteiger partial charge in [-0.25, -0.2) is 4.57 Å². The molecule has 0 bridgehead atoms. The van der Waals surface area contributed by atoms with Gasteiger partial charge in [-0.15, -0.1) is 0 Å². The lowest BCUT2D eigenvalue weighted by Crippen LogP contribution is -2.12. The van der Waals surface area contributed by atoms with Gasteiger partial charge in [0, 0.05) is 36.4 Å². The first-order valence-corrected chi connectivity index (χ1v) is 14.7. The smallest absolute Gasteiger partial charge is 0.281 e. The SMILES string of the molecule is Cc1cc([N+](=O)[O-])c(COP(=O)(OCc2c([N+](=O)[O-])cc(C(F)(F)F)cc2[N+](=O)[O-])OCc2c([N+](=O)[O-])cc(C(F)(F)F)cc2[N+](=O)[O-])c([N+](=O)[O-])c1. The van der Waals surface area contributed by atoms with Gasteiger partial charge < -0.3 is 0 Å². The first kappa shape index (κ1) is 41.2. The van der Waals surface area contributed by atoms with Gasteiger partial charge in [0.2, 0.25) is 0 Å². The molecule has 3 rings (SSSR count). The van der Waals surface area contributed by atoms with Crippen molar-refractivity contribution in [2.24, 2.45) is 0 Å². The quantitative estimate of drug-likeness (QED) is 0.0621. The van der Waals surface area contributed by atoms with Crippen LogP contribution < -0.4 is 0 Å². The van der Waals surface area contributed by atoms with Crippen LogP contribution >= 0.6 is 7.82 Å². The molecule has 3 aromatic carbocycles. The summed E-state index contributed by atoms with van der Waals surface area (Å²) in [5.41, 5.74) is -16.6. The van der Waals surface area contributed by atoms with Gasteiger partial charge in [-0.2, -0.15) is 26.3 Å². The summed E-state index contributed by atoms with van der Waals surface area (Å²) >= 11 is 0. The third-order valence-corrected chi connectivity index (χ3v) is 8.02. The summed E-state index contributed by atoms with van der Waals surface area (Å²) < 4.78 is 109. The molecule has 0 aliphatic heterocycles. The minimum Gasteiger partial charge on any atom is -0.281 e. The van der Waals surface area contributed by atoms with E-state index in [0.717, 1.165) is 12.1 Å². The second kappa shape index (κ2) is 15.2. The van der Waals surface area contributed by atoms with E-state index in [1.807, 2.05) is 0 Å². The number of hydrogen-bond acceptors (Lipinski definition) is 16. The summed E-state index contributed by atoms with van der Waals surface area (Å²) in [5.74, 6) is 0. The number of halogens is 6. The topological polar surface area (TPSA) is 304 Å². The van der Waals surface area contributed by atoms with Crippen LogP contribution in [0.25, 0.3) is 0 Å². The van der Waals surface area contributed by atoms with Crippen molar-refractivity contribution in [3.8, 4) is 0 Å². The fourth-order valence-corrected chi connectivity index (χ4v) is 5.44. The van der Waals surface area contributed by atoms with Crippen LogP contribution in [0.3, 0.4) is 0 Å². The number of nitrogens with zero attached hydrogens (tertiary/aromatic N) is 6. The molecule has 0 saturated carbocycles. The predicted octanol–water partition coefficient (Wildman–Crippen LogP) is 7.54. The Labute approximate surface area is 286 Å². The van der Waals surface area contributed by atoms with Crippen molar-refractivity contribution in [2.75, 3.05) is 0 Å². The van der Waals surface area contributed by atoms with Crippen LogP contribution in [0.1, 0.15) is 33.4 Å². The van der Waals surface area contributed by atoms with Gasteiger partial charge in [0.25, 0.3) is 34.1 Å². The van der Waals surface area contributed by atoms with E-state index in [9.17, 15) is 91.6 Å². The number of phosphoric ester groups is 1. The summed E-state index contributed by atoms with van der Waals surface area (Å²) in [6, 6.07) is 0.696. The largest absolute Gasteiger partial charge is 0.475 e. The van der Waals surface area contributed by atoms with Crippen molar-refractivity contribution in [2.45, 2.75) is 39.1 Å². The predicted molar refractivity (Wildman–Crippen MR) is 156 cm³/mol. The van der Waals surface area contributed by atoms with Crippen LogP contribution in [-0.2, 0) is 50.3 Å². The number of aryl methyl sites for hydroxylation is 1. The van der Waals surface area contributed by atoms with Crippen molar-refractivity contribution in [1.29, 1.82) is 0 Å². The van der Waals surface area contributed by atoms with E-state index in [2.05, 4.69) is 0 Å². The molecule has 0 spiro atoms. The van der Waals surface area contributed by atoms with E-state index >= 15 is 0 Å². The molecule has 0 aromatic heterocycles. The Kier molecular flexibility index (Phi) is 11.8. The maximum absolute atomic E-state index is 13.9. The second-order valence-corrected chi connectivity index (χ2v) is 11.7. The average molecular weight is 788 g/mol. The van der Waals surface area contributed by atoms with Gasteiger partial charge in [-0.3, -0.25) is 74.3 Å². The standard InChI is InChI=1S/C24H15F6N6O16P/c1-11-2-17(31(37)38)14(18(3-11)32(39)40)8-50-53(49,51-9-15-19(33(41)42)4-12(23(25,26)27)5-20(15)34(43)44)52-10-16-21(35(45)46)6-13(24(28,29)30)7-22(16)36(47)48/h2-7H,8-10H2,1H3. The molecule has 29 heteroatoms. The molecule has 0 atom stereocenters. The molecule has 0 aliphatic rings. The Morgan fingerprint density at radius 2 is 0.698 bits per heavy atom. The Morgan fingerprint density at radius 1 is 0.491 bits per heavy atom. The zero-order valence-electron chi connectivity index (χ0n) is 25.5. The summed E-state index contributed by atoms with van der Waals surface area (Å²) in [5, 5.41) is 69.9. The maximum Gasteiger partial charge on any atom is 0.475 e. The number of nitro benzene ring substituents is 6. The van der Waals surface area contributed by atoms with Crippen molar-refractivity contribution in [3.05, 3.63) is 130 Å². The number of benzene rings is 3. The van der Waals surface area contributed by atoms with Gasteiger partial charge in [0.05, 0.1) is 60.5 Å². The van der Waals surface area contributed by atoms with E-state index < -0.39 is 131 Å². The number of phosphoric acid groups is 1. The minimum absolute atomic E-state index is 0.0771. The lowest BCUT2D eigenvalue weighted by Gasteiger charge is -2.19. The van der Waals surface area contributed by atoms with Crippen molar-refractivity contribution in [3.63, 3.8) is 0 Å². The number of alkyl halides is 6. The number of rotatable bonds is 15. The average Bonchev–Trinajstić information content (AvgIpc) is 3.03. The molecular formula is C24H15F6N6O16P. The summed E-state index contributed by atoms with van der Waals surface area (Å²) in [4.78, 5) is 61.3. The van der Waals surface area contributed by atoms with Gasteiger partial charge in [-0.05, 0) is 12.5 Å². The van der Waals surface area contributed by atoms with Crippen molar-refractivity contribution in [1.82, 2.24) is 0 Å². The van der Waals surface area contributed by atoms with Gasteiger partial charge in [-0.1, -0.05) is 0 Å². The molecular weight excluding hydrogens is 773 g/mol. The first-order valence-electron chi connectivity index (χ1n) is 13.3. The highest BCUT2D eigenvalue weighted by Crippen LogP contribution is 2.54. The summed E-state index contributed by atoms with van der Waals surface area (Å²) in [7, 11) is -5.90. The fourth-order valence-electron chi connectivity index (χ4n) is 4.35. The van der Waals surface area contributed by atoms with Crippen LogP contribution in [0.4, 0.5) is 60.5 Å². The highest BCUT2D eigenvalue weighted by Gasteiger charge is 2.42. The maximum atomic E-state index is 13.9. The van der Waals surface area contributed by atoms with Crippen LogP contribution in [0, 0.1) is 67.6 Å². The lowest BCUT2D eigenvalue weighted by atomic mass is 10.1. The van der Waals surface area contributed by atoms with Gasteiger partial charge in [0.1, 0.15) is 16.7 Å².